The quantitative estimate of drug-likeness (QED) is 0.290. The van der Waals surface area contributed by atoms with E-state index in [2.05, 4.69) is 0 Å². The Kier molecular flexibility index (Phi) is 10.1. The van der Waals surface area contributed by atoms with Gasteiger partial charge in [0.25, 0.3) is 0 Å². The van der Waals surface area contributed by atoms with Gasteiger partial charge in [0.05, 0.1) is 26.4 Å². The lowest BCUT2D eigenvalue weighted by Gasteiger charge is -2.06. The molecule has 0 aliphatic carbocycles. The Morgan fingerprint density at radius 3 is 1.35 bits per heavy atom. The summed E-state index contributed by atoms with van der Waals surface area (Å²) in [5.74, 6) is 1.74. The summed E-state index contributed by atoms with van der Waals surface area (Å²) in [5, 5.41) is 0. The van der Waals surface area contributed by atoms with Gasteiger partial charge in [0, 0.05) is 32.4 Å². The van der Waals surface area contributed by atoms with Crippen molar-refractivity contribution in [2.75, 3.05) is 37.9 Å². The summed E-state index contributed by atoms with van der Waals surface area (Å²) in [6.07, 6.45) is 1.69. The lowest BCUT2D eigenvalue weighted by atomic mass is 10.2. The fraction of sp³-hybridized carbons (Fsp3) is 0.300. The summed E-state index contributed by atoms with van der Waals surface area (Å²) in [6, 6.07) is 15.1. The Hall–Kier alpha value is -1.60. The van der Waals surface area contributed by atoms with Gasteiger partial charge in [-0.2, -0.15) is 0 Å². The standard InChI is InChI=1S/C20H22O4S2/c21-15-17-1-5-19(6-2-17)25-13-11-23-9-10-24-12-14-26-20-7-3-18(16-22)4-8-20/h1-8,15-16H,9-14H2. The van der Waals surface area contributed by atoms with Crippen LogP contribution in [0.3, 0.4) is 0 Å². The van der Waals surface area contributed by atoms with Gasteiger partial charge in [0.1, 0.15) is 12.6 Å². The van der Waals surface area contributed by atoms with E-state index in [-0.39, 0.29) is 0 Å². The van der Waals surface area contributed by atoms with Crippen LogP contribution < -0.4 is 0 Å². The largest absolute Gasteiger partial charge is 0.378 e. The Morgan fingerprint density at radius 2 is 1.00 bits per heavy atom. The van der Waals surface area contributed by atoms with Gasteiger partial charge >= 0.3 is 0 Å². The first kappa shape index (κ1) is 20.7. The number of thioether (sulfide) groups is 2. The minimum Gasteiger partial charge on any atom is -0.378 e. The molecule has 0 saturated heterocycles. The molecule has 0 aliphatic rings. The van der Waals surface area contributed by atoms with Gasteiger partial charge in [0.2, 0.25) is 0 Å². The predicted molar refractivity (Wildman–Crippen MR) is 107 cm³/mol. The van der Waals surface area contributed by atoms with Crippen molar-refractivity contribution in [2.45, 2.75) is 9.79 Å². The first-order valence-corrected chi connectivity index (χ1v) is 10.3. The summed E-state index contributed by atoms with van der Waals surface area (Å²) in [6.45, 7) is 2.51. The molecule has 26 heavy (non-hydrogen) atoms. The summed E-state index contributed by atoms with van der Waals surface area (Å²) < 4.78 is 11.1. The van der Waals surface area contributed by atoms with E-state index in [1.54, 1.807) is 23.5 Å². The number of hydrogen-bond donors (Lipinski definition) is 0. The van der Waals surface area contributed by atoms with Crippen molar-refractivity contribution in [1.82, 2.24) is 0 Å². The highest BCUT2D eigenvalue weighted by Crippen LogP contribution is 2.18. The summed E-state index contributed by atoms with van der Waals surface area (Å²) in [4.78, 5) is 23.4. The van der Waals surface area contributed by atoms with Gasteiger partial charge < -0.3 is 9.47 Å². The van der Waals surface area contributed by atoms with Gasteiger partial charge in [-0.05, 0) is 24.3 Å². The molecular formula is C20H22O4S2. The molecule has 0 amide bonds. The second-order valence-electron chi connectivity index (χ2n) is 5.30. The smallest absolute Gasteiger partial charge is 0.150 e. The van der Waals surface area contributed by atoms with Crippen LogP contribution in [0, 0.1) is 0 Å². The normalized spacial score (nSPS) is 10.6. The Balaban J connectivity index is 1.42. The van der Waals surface area contributed by atoms with Crippen LogP contribution in [0.1, 0.15) is 20.7 Å². The van der Waals surface area contributed by atoms with E-state index in [4.69, 9.17) is 9.47 Å². The van der Waals surface area contributed by atoms with Gasteiger partial charge in [-0.15, -0.1) is 23.5 Å². The van der Waals surface area contributed by atoms with Crippen LogP contribution in [0.25, 0.3) is 0 Å². The lowest BCUT2D eigenvalue weighted by Crippen LogP contribution is -2.08. The molecule has 0 heterocycles. The van der Waals surface area contributed by atoms with E-state index in [1.807, 2.05) is 48.5 Å². The minimum absolute atomic E-state index is 0.587. The van der Waals surface area contributed by atoms with Crippen molar-refractivity contribution in [3.8, 4) is 0 Å². The minimum atomic E-state index is 0.587. The van der Waals surface area contributed by atoms with E-state index >= 15 is 0 Å². The molecule has 0 aromatic heterocycles. The van der Waals surface area contributed by atoms with Gasteiger partial charge in [-0.1, -0.05) is 24.3 Å². The van der Waals surface area contributed by atoms with Crippen molar-refractivity contribution < 1.29 is 19.1 Å². The molecule has 0 spiro atoms. The van der Waals surface area contributed by atoms with E-state index in [9.17, 15) is 9.59 Å². The molecule has 4 nitrogen and oxygen atoms in total. The lowest BCUT2D eigenvalue weighted by molar-refractivity contribution is 0.0605. The SMILES string of the molecule is O=Cc1ccc(SCCOCCOCCSc2ccc(C=O)cc2)cc1. The third-order valence-electron chi connectivity index (χ3n) is 3.40. The Labute approximate surface area is 162 Å². The van der Waals surface area contributed by atoms with Crippen molar-refractivity contribution in [3.05, 3.63) is 59.7 Å². The Bertz CT molecular complexity index is 597. The van der Waals surface area contributed by atoms with E-state index in [1.165, 1.54) is 0 Å². The number of carbonyl (C=O) groups excluding carboxylic acids is 2. The van der Waals surface area contributed by atoms with Gasteiger partial charge in [-0.25, -0.2) is 0 Å². The molecule has 2 aromatic rings. The van der Waals surface area contributed by atoms with Crippen molar-refractivity contribution in [1.29, 1.82) is 0 Å². The molecule has 2 aromatic carbocycles. The van der Waals surface area contributed by atoms with Crippen molar-refractivity contribution in [2.24, 2.45) is 0 Å². The number of ether oxygens (including phenoxy) is 2. The second-order valence-corrected chi connectivity index (χ2v) is 7.63. The van der Waals surface area contributed by atoms with Crippen LogP contribution in [-0.2, 0) is 9.47 Å². The van der Waals surface area contributed by atoms with Crippen LogP contribution in [-0.4, -0.2) is 50.5 Å². The molecule has 0 N–H and O–H groups in total. The summed E-state index contributed by atoms with van der Waals surface area (Å²) >= 11 is 3.41. The van der Waals surface area contributed by atoms with Crippen LogP contribution in [0.4, 0.5) is 0 Å². The third kappa shape index (κ3) is 8.19. The zero-order chi connectivity index (χ0) is 18.5. The summed E-state index contributed by atoms with van der Waals surface area (Å²) in [5.41, 5.74) is 1.39. The maximum atomic E-state index is 10.6. The topological polar surface area (TPSA) is 52.6 Å². The highest BCUT2D eigenvalue weighted by Gasteiger charge is 1.97. The fourth-order valence-electron chi connectivity index (χ4n) is 2.04. The monoisotopic (exact) mass is 390 g/mol. The highest BCUT2D eigenvalue weighted by atomic mass is 32.2. The first-order valence-electron chi connectivity index (χ1n) is 8.33. The maximum Gasteiger partial charge on any atom is 0.150 e. The average molecular weight is 391 g/mol. The molecule has 6 heteroatoms. The van der Waals surface area contributed by atoms with Crippen molar-refractivity contribution >= 4 is 36.1 Å². The number of aldehydes is 2. The molecule has 0 bridgehead atoms. The molecular weight excluding hydrogens is 368 g/mol. The number of hydrogen-bond acceptors (Lipinski definition) is 6. The molecule has 0 unspecified atom stereocenters. The molecule has 0 saturated carbocycles. The number of rotatable bonds is 13. The maximum absolute atomic E-state index is 10.6. The second kappa shape index (κ2) is 12.7. The van der Waals surface area contributed by atoms with Crippen LogP contribution in [0.15, 0.2) is 58.3 Å². The van der Waals surface area contributed by atoms with Gasteiger partial charge in [-0.3, -0.25) is 9.59 Å². The van der Waals surface area contributed by atoms with Crippen molar-refractivity contribution in [3.63, 3.8) is 0 Å². The zero-order valence-electron chi connectivity index (χ0n) is 14.5. The van der Waals surface area contributed by atoms with Crippen LogP contribution >= 0.6 is 23.5 Å². The van der Waals surface area contributed by atoms with E-state index in [0.717, 1.165) is 33.9 Å². The predicted octanol–water partition coefficient (Wildman–Crippen LogP) is 4.23. The number of benzene rings is 2. The van der Waals surface area contributed by atoms with Crippen LogP contribution in [0.5, 0.6) is 0 Å². The third-order valence-corrected chi connectivity index (χ3v) is 5.35. The van der Waals surface area contributed by atoms with E-state index in [0.29, 0.717) is 37.6 Å². The molecule has 0 radical (unpaired) electrons. The van der Waals surface area contributed by atoms with E-state index < -0.39 is 0 Å². The molecule has 2 rings (SSSR count). The van der Waals surface area contributed by atoms with Gasteiger partial charge in [0.15, 0.2) is 0 Å². The molecule has 0 aliphatic heterocycles. The number of carbonyl (C=O) groups is 2. The average Bonchev–Trinajstić information content (AvgIpc) is 2.70. The fourth-order valence-corrected chi connectivity index (χ4v) is 3.57. The molecule has 0 atom stereocenters. The Morgan fingerprint density at radius 1 is 0.615 bits per heavy atom. The molecule has 0 fully saturated rings. The summed E-state index contributed by atoms with van der Waals surface area (Å²) in [7, 11) is 0. The molecule has 138 valence electrons. The zero-order valence-corrected chi connectivity index (χ0v) is 16.1. The highest BCUT2D eigenvalue weighted by molar-refractivity contribution is 7.99. The van der Waals surface area contributed by atoms with Crippen LogP contribution in [0.2, 0.25) is 0 Å². The first-order chi connectivity index (χ1) is 12.8.